The monoisotopic (exact) mass is 294 g/mol. The lowest BCUT2D eigenvalue weighted by molar-refractivity contribution is -0.127. The predicted molar refractivity (Wildman–Crippen MR) is 81.2 cm³/mol. The van der Waals surface area contributed by atoms with Crippen LogP contribution in [0.1, 0.15) is 23.7 Å². The van der Waals surface area contributed by atoms with Gasteiger partial charge in [0.25, 0.3) is 0 Å². The van der Waals surface area contributed by atoms with Crippen LogP contribution in [0.25, 0.3) is 0 Å². The van der Waals surface area contributed by atoms with Crippen LogP contribution in [0.4, 0.5) is 11.5 Å². The zero-order valence-corrected chi connectivity index (χ0v) is 12.9. The van der Waals surface area contributed by atoms with E-state index in [1.165, 1.54) is 18.2 Å². The lowest BCUT2D eigenvalue weighted by Crippen LogP contribution is -2.37. The van der Waals surface area contributed by atoms with Crippen molar-refractivity contribution in [3.8, 4) is 0 Å². The van der Waals surface area contributed by atoms with Crippen LogP contribution in [-0.2, 0) is 9.53 Å². The summed E-state index contributed by atoms with van der Waals surface area (Å²) in [6.45, 7) is 2.85. The molecule has 2 N–H and O–H groups in total. The molecule has 1 aromatic rings. The Bertz CT molecular complexity index is 517. The highest BCUT2D eigenvalue weighted by atomic mass is 16.5. The molecule has 0 unspecified atom stereocenters. The van der Waals surface area contributed by atoms with Gasteiger partial charge in [-0.2, -0.15) is 0 Å². The zero-order chi connectivity index (χ0) is 16.0. The molecule has 0 radical (unpaired) electrons. The summed E-state index contributed by atoms with van der Waals surface area (Å²) in [5.74, 6) is -0.0325. The quantitative estimate of drug-likeness (QED) is 0.779. The fourth-order valence-corrected chi connectivity index (χ4v) is 1.76. The predicted octanol–water partition coefficient (Wildman–Crippen LogP) is 0.755. The highest BCUT2D eigenvalue weighted by molar-refractivity contribution is 5.95. The van der Waals surface area contributed by atoms with Crippen molar-refractivity contribution in [2.24, 2.45) is 0 Å². The van der Waals surface area contributed by atoms with Crippen molar-refractivity contribution in [2.75, 3.05) is 44.9 Å². The van der Waals surface area contributed by atoms with Gasteiger partial charge >= 0.3 is 5.97 Å². The smallest absolute Gasteiger partial charge is 0.340 e. The number of carbonyl (C=O) groups is 2. The van der Waals surface area contributed by atoms with Gasteiger partial charge in [-0.05, 0) is 12.5 Å². The number of rotatable bonds is 6. The van der Waals surface area contributed by atoms with Gasteiger partial charge in [-0.1, -0.05) is 6.92 Å². The Kier molecular flexibility index (Phi) is 5.95. The normalized spacial score (nSPS) is 10.1. The van der Waals surface area contributed by atoms with E-state index in [1.54, 1.807) is 20.2 Å². The highest BCUT2D eigenvalue weighted by Gasteiger charge is 2.17. The van der Waals surface area contributed by atoms with Crippen molar-refractivity contribution < 1.29 is 14.3 Å². The summed E-state index contributed by atoms with van der Waals surface area (Å²) in [4.78, 5) is 31.1. The number of nitrogen functional groups attached to an aromatic ring is 1. The molecule has 0 aliphatic rings. The number of carbonyl (C=O) groups excluding carboxylic acids is 2. The maximum Gasteiger partial charge on any atom is 0.340 e. The van der Waals surface area contributed by atoms with Gasteiger partial charge in [-0.15, -0.1) is 0 Å². The summed E-state index contributed by atoms with van der Waals surface area (Å²) >= 11 is 0. The van der Waals surface area contributed by atoms with Gasteiger partial charge in [0.2, 0.25) is 5.91 Å². The summed E-state index contributed by atoms with van der Waals surface area (Å²) in [5, 5.41) is 0. The van der Waals surface area contributed by atoms with Crippen molar-refractivity contribution in [1.82, 2.24) is 9.88 Å². The Morgan fingerprint density at radius 3 is 2.57 bits per heavy atom. The van der Waals surface area contributed by atoms with Crippen molar-refractivity contribution in [2.45, 2.75) is 13.3 Å². The molecule has 0 aliphatic heterocycles. The summed E-state index contributed by atoms with van der Waals surface area (Å²) in [5.41, 5.74) is 6.23. The second-order valence-corrected chi connectivity index (χ2v) is 4.83. The molecule has 1 amide bonds. The number of nitrogens with zero attached hydrogens (tertiary/aromatic N) is 3. The topological polar surface area (TPSA) is 88.8 Å². The third-order valence-corrected chi connectivity index (χ3v) is 2.97. The highest BCUT2D eigenvalue weighted by Crippen LogP contribution is 2.19. The van der Waals surface area contributed by atoms with E-state index in [2.05, 4.69) is 4.98 Å². The lowest BCUT2D eigenvalue weighted by Gasteiger charge is -2.24. The molecule has 0 fully saturated rings. The van der Waals surface area contributed by atoms with E-state index in [0.29, 0.717) is 12.4 Å². The third-order valence-electron chi connectivity index (χ3n) is 2.97. The molecule has 0 bridgehead atoms. The Hall–Kier alpha value is -2.31. The molecule has 0 saturated heterocycles. The van der Waals surface area contributed by atoms with E-state index in [-0.39, 0.29) is 23.7 Å². The Morgan fingerprint density at radius 1 is 1.38 bits per heavy atom. The molecule has 1 rings (SSSR count). The van der Waals surface area contributed by atoms with E-state index in [1.807, 2.05) is 11.8 Å². The van der Waals surface area contributed by atoms with Crippen molar-refractivity contribution >= 4 is 23.4 Å². The van der Waals surface area contributed by atoms with Crippen LogP contribution in [-0.4, -0.2) is 56.1 Å². The second kappa shape index (κ2) is 7.47. The molecule has 1 heterocycles. The number of hydrogen-bond donors (Lipinski definition) is 1. The summed E-state index contributed by atoms with van der Waals surface area (Å²) in [6, 6.07) is 1.56. The summed E-state index contributed by atoms with van der Waals surface area (Å²) in [6.07, 6.45) is 2.25. The van der Waals surface area contributed by atoms with Crippen LogP contribution in [0.15, 0.2) is 12.3 Å². The van der Waals surface area contributed by atoms with Crippen LogP contribution >= 0.6 is 0 Å². The van der Waals surface area contributed by atoms with Gasteiger partial charge < -0.3 is 20.3 Å². The largest absolute Gasteiger partial charge is 0.465 e. The molecule has 0 saturated carbocycles. The van der Waals surface area contributed by atoms with E-state index in [9.17, 15) is 9.59 Å². The third kappa shape index (κ3) is 4.34. The maximum atomic E-state index is 11.9. The fourth-order valence-electron chi connectivity index (χ4n) is 1.76. The molecule has 0 aliphatic carbocycles. The number of amides is 1. The number of likely N-dealkylation sites (N-methyl/N-ethyl adjacent to an activating group) is 1. The van der Waals surface area contributed by atoms with Crippen LogP contribution in [0.5, 0.6) is 0 Å². The number of hydrogen-bond acceptors (Lipinski definition) is 6. The average molecular weight is 294 g/mol. The van der Waals surface area contributed by atoms with E-state index in [0.717, 1.165) is 6.42 Å². The van der Waals surface area contributed by atoms with Gasteiger partial charge in [0.05, 0.1) is 31.1 Å². The van der Waals surface area contributed by atoms with E-state index >= 15 is 0 Å². The Labute approximate surface area is 124 Å². The Morgan fingerprint density at radius 2 is 2.05 bits per heavy atom. The number of esters is 1. The van der Waals surface area contributed by atoms with Gasteiger partial charge in [-0.25, -0.2) is 9.78 Å². The molecule has 116 valence electrons. The molecule has 7 nitrogen and oxygen atoms in total. The maximum absolute atomic E-state index is 11.9. The van der Waals surface area contributed by atoms with Gasteiger partial charge in [0, 0.05) is 20.6 Å². The molecule has 0 spiro atoms. The van der Waals surface area contributed by atoms with Crippen molar-refractivity contribution in [1.29, 1.82) is 0 Å². The number of ether oxygens (including phenoxy) is 1. The second-order valence-electron chi connectivity index (χ2n) is 4.83. The van der Waals surface area contributed by atoms with Gasteiger partial charge in [-0.3, -0.25) is 4.79 Å². The van der Waals surface area contributed by atoms with Gasteiger partial charge in [0.15, 0.2) is 0 Å². The lowest BCUT2D eigenvalue weighted by atomic mass is 10.2. The number of nitrogens with two attached hydrogens (primary N) is 1. The van der Waals surface area contributed by atoms with Crippen LogP contribution in [0.2, 0.25) is 0 Å². The first-order valence-electron chi connectivity index (χ1n) is 6.69. The minimum absolute atomic E-state index is 0.0401. The number of aromatic nitrogens is 1. The molecule has 0 atom stereocenters. The first-order chi connectivity index (χ1) is 9.90. The van der Waals surface area contributed by atoms with Crippen LogP contribution < -0.4 is 10.6 Å². The minimum Gasteiger partial charge on any atom is -0.465 e. The molecule has 1 aromatic heterocycles. The number of methoxy groups -OCH3 is 1. The Balaban J connectivity index is 3.08. The van der Waals surface area contributed by atoms with Crippen LogP contribution in [0, 0.1) is 0 Å². The molecular formula is C14H22N4O3. The molecular weight excluding hydrogens is 272 g/mol. The van der Waals surface area contributed by atoms with Crippen molar-refractivity contribution in [3.63, 3.8) is 0 Å². The van der Waals surface area contributed by atoms with E-state index in [4.69, 9.17) is 10.5 Å². The zero-order valence-electron chi connectivity index (χ0n) is 12.9. The number of anilines is 2. The van der Waals surface area contributed by atoms with E-state index < -0.39 is 5.97 Å². The average Bonchev–Trinajstić information content (AvgIpc) is 2.46. The molecule has 0 aromatic carbocycles. The SMILES string of the molecule is CCCN(CC(=O)N(C)C)c1cc(C(=O)OC)c(N)cn1. The first-order valence-corrected chi connectivity index (χ1v) is 6.69. The molecule has 7 heteroatoms. The first kappa shape index (κ1) is 16.7. The minimum atomic E-state index is -0.522. The molecule has 21 heavy (non-hydrogen) atoms. The van der Waals surface area contributed by atoms with Crippen molar-refractivity contribution in [3.05, 3.63) is 17.8 Å². The van der Waals surface area contributed by atoms with Crippen LogP contribution in [0.3, 0.4) is 0 Å². The van der Waals surface area contributed by atoms with Gasteiger partial charge in [0.1, 0.15) is 5.82 Å². The fraction of sp³-hybridized carbons (Fsp3) is 0.500. The number of pyridine rings is 1. The standard InChI is InChI=1S/C14H22N4O3/c1-5-6-18(9-13(19)17(2)3)12-7-10(14(20)21-4)11(15)8-16-12/h7-8H,5-6,9,15H2,1-4H3. The summed E-state index contributed by atoms with van der Waals surface area (Å²) < 4.78 is 4.69. The summed E-state index contributed by atoms with van der Waals surface area (Å²) in [7, 11) is 4.69.